The summed E-state index contributed by atoms with van der Waals surface area (Å²) < 4.78 is 6.56. The second-order valence-corrected chi connectivity index (χ2v) is 8.83. The lowest BCUT2D eigenvalue weighted by Crippen LogP contribution is -2.43. The van der Waals surface area contributed by atoms with Gasteiger partial charge in [-0.2, -0.15) is 0 Å². The van der Waals surface area contributed by atoms with Crippen LogP contribution in [0.1, 0.15) is 15.9 Å². The molecule has 0 spiro atoms. The minimum Gasteiger partial charge on any atom is -0.379 e. The Morgan fingerprint density at radius 2 is 1.87 bits per heavy atom. The average molecular weight is 425 g/mol. The molecule has 1 saturated heterocycles. The Labute approximate surface area is 181 Å². The molecule has 3 aromatic rings. The SMILES string of the molecule is Cc1ccc2nc(N(CCN3CCOCC3)C(=O)c3ccc(N(C)C)cc3)sc2c1. The monoisotopic (exact) mass is 424 g/mol. The second kappa shape index (κ2) is 9.12. The summed E-state index contributed by atoms with van der Waals surface area (Å²) in [5.41, 5.74) is 3.88. The summed E-state index contributed by atoms with van der Waals surface area (Å²) in [7, 11) is 3.99. The van der Waals surface area contributed by atoms with Gasteiger partial charge in [0.1, 0.15) is 0 Å². The number of thiazole rings is 1. The van der Waals surface area contributed by atoms with Gasteiger partial charge in [-0.25, -0.2) is 4.98 Å². The third kappa shape index (κ3) is 4.64. The number of ether oxygens (including phenoxy) is 1. The fourth-order valence-corrected chi connectivity index (χ4v) is 4.63. The third-order valence-electron chi connectivity index (χ3n) is 5.38. The first-order valence-corrected chi connectivity index (χ1v) is 11.1. The van der Waals surface area contributed by atoms with E-state index < -0.39 is 0 Å². The van der Waals surface area contributed by atoms with Crippen LogP contribution in [-0.4, -0.2) is 69.3 Å². The predicted octanol–water partition coefficient (Wildman–Crippen LogP) is 3.65. The molecule has 158 valence electrons. The maximum atomic E-state index is 13.5. The molecule has 0 bridgehead atoms. The van der Waals surface area contributed by atoms with E-state index in [4.69, 9.17) is 9.72 Å². The molecule has 0 N–H and O–H groups in total. The van der Waals surface area contributed by atoms with Crippen molar-refractivity contribution in [3.05, 3.63) is 53.6 Å². The zero-order valence-corrected chi connectivity index (χ0v) is 18.6. The fraction of sp³-hybridized carbons (Fsp3) is 0.391. The van der Waals surface area contributed by atoms with Gasteiger partial charge in [0, 0.05) is 51.5 Å². The number of rotatable bonds is 6. The molecule has 0 radical (unpaired) electrons. The van der Waals surface area contributed by atoms with Crippen LogP contribution >= 0.6 is 11.3 Å². The van der Waals surface area contributed by atoms with Crippen molar-refractivity contribution in [1.29, 1.82) is 0 Å². The Morgan fingerprint density at radius 3 is 2.57 bits per heavy atom. The molecule has 6 nitrogen and oxygen atoms in total. The third-order valence-corrected chi connectivity index (χ3v) is 6.42. The molecule has 1 aliphatic heterocycles. The second-order valence-electron chi connectivity index (χ2n) is 7.82. The summed E-state index contributed by atoms with van der Waals surface area (Å²) in [4.78, 5) is 24.5. The van der Waals surface area contributed by atoms with Gasteiger partial charge < -0.3 is 9.64 Å². The molecule has 0 aliphatic carbocycles. The van der Waals surface area contributed by atoms with Crippen LogP contribution in [0.3, 0.4) is 0 Å². The number of aromatic nitrogens is 1. The van der Waals surface area contributed by atoms with Gasteiger partial charge in [-0.1, -0.05) is 17.4 Å². The number of carbonyl (C=O) groups is 1. The minimum atomic E-state index is -0.00987. The number of morpholine rings is 1. The molecule has 0 saturated carbocycles. The van der Waals surface area contributed by atoms with E-state index in [-0.39, 0.29) is 5.91 Å². The molecule has 2 aromatic carbocycles. The molecule has 0 atom stereocenters. The normalized spacial score (nSPS) is 14.8. The van der Waals surface area contributed by atoms with Gasteiger partial charge in [-0.3, -0.25) is 14.6 Å². The number of fused-ring (bicyclic) bond motifs is 1. The number of hydrogen-bond acceptors (Lipinski definition) is 6. The minimum absolute atomic E-state index is 0.00987. The first kappa shape index (κ1) is 20.8. The number of benzene rings is 2. The van der Waals surface area contributed by atoms with Crippen molar-refractivity contribution >= 4 is 38.3 Å². The number of carbonyl (C=O) groups excluding carboxylic acids is 1. The Hall–Kier alpha value is -2.48. The number of hydrogen-bond donors (Lipinski definition) is 0. The van der Waals surface area contributed by atoms with E-state index in [0.29, 0.717) is 12.1 Å². The highest BCUT2D eigenvalue weighted by molar-refractivity contribution is 7.22. The fourth-order valence-electron chi connectivity index (χ4n) is 3.54. The van der Waals surface area contributed by atoms with Crippen LogP contribution in [0.5, 0.6) is 0 Å². The van der Waals surface area contributed by atoms with Gasteiger partial charge in [-0.15, -0.1) is 0 Å². The van der Waals surface area contributed by atoms with Gasteiger partial charge in [0.15, 0.2) is 5.13 Å². The smallest absolute Gasteiger partial charge is 0.260 e. The summed E-state index contributed by atoms with van der Waals surface area (Å²) in [6.07, 6.45) is 0. The van der Waals surface area contributed by atoms with E-state index in [9.17, 15) is 4.79 Å². The maximum absolute atomic E-state index is 13.5. The first-order chi connectivity index (χ1) is 14.5. The van der Waals surface area contributed by atoms with Gasteiger partial charge >= 0.3 is 0 Å². The largest absolute Gasteiger partial charge is 0.379 e. The lowest BCUT2D eigenvalue weighted by atomic mass is 10.1. The Kier molecular flexibility index (Phi) is 6.32. The topological polar surface area (TPSA) is 48.9 Å². The molecule has 2 heterocycles. The lowest BCUT2D eigenvalue weighted by Gasteiger charge is -2.29. The Balaban J connectivity index is 1.61. The predicted molar refractivity (Wildman–Crippen MR) is 124 cm³/mol. The summed E-state index contributed by atoms with van der Waals surface area (Å²) in [5.74, 6) is -0.00987. The van der Waals surface area contributed by atoms with E-state index >= 15 is 0 Å². The highest BCUT2D eigenvalue weighted by Crippen LogP contribution is 2.30. The van der Waals surface area contributed by atoms with Crippen molar-refractivity contribution in [2.24, 2.45) is 0 Å². The van der Waals surface area contributed by atoms with Gasteiger partial charge in [0.05, 0.1) is 23.4 Å². The number of nitrogens with zero attached hydrogens (tertiary/aromatic N) is 4. The summed E-state index contributed by atoms with van der Waals surface area (Å²) in [5, 5.41) is 0.755. The molecule has 30 heavy (non-hydrogen) atoms. The van der Waals surface area contributed by atoms with Crippen LogP contribution in [0.4, 0.5) is 10.8 Å². The highest BCUT2D eigenvalue weighted by atomic mass is 32.1. The maximum Gasteiger partial charge on any atom is 0.260 e. The van der Waals surface area contributed by atoms with Crippen molar-refractivity contribution in [2.75, 3.05) is 63.3 Å². The molecule has 7 heteroatoms. The van der Waals surface area contributed by atoms with Crippen LogP contribution in [0.2, 0.25) is 0 Å². The van der Waals surface area contributed by atoms with Gasteiger partial charge in [0.2, 0.25) is 0 Å². The average Bonchev–Trinajstić information content (AvgIpc) is 3.17. The Morgan fingerprint density at radius 1 is 1.13 bits per heavy atom. The van der Waals surface area contributed by atoms with Crippen molar-refractivity contribution in [1.82, 2.24) is 9.88 Å². The number of amides is 1. The zero-order valence-electron chi connectivity index (χ0n) is 17.8. The molecular weight excluding hydrogens is 396 g/mol. The van der Waals surface area contributed by atoms with Crippen molar-refractivity contribution in [3.8, 4) is 0 Å². The van der Waals surface area contributed by atoms with Crippen molar-refractivity contribution in [3.63, 3.8) is 0 Å². The molecule has 1 aliphatic rings. The summed E-state index contributed by atoms with van der Waals surface area (Å²) in [6.45, 7) is 6.79. The van der Waals surface area contributed by atoms with Crippen LogP contribution in [0, 0.1) is 6.92 Å². The van der Waals surface area contributed by atoms with E-state index in [2.05, 4.69) is 24.0 Å². The van der Waals surface area contributed by atoms with E-state index in [1.54, 1.807) is 11.3 Å². The Bertz CT molecular complexity index is 1010. The standard InChI is InChI=1S/C23H28N4O2S/c1-17-4-9-20-21(16-17)30-23(24-20)27(11-10-26-12-14-29-15-13-26)22(28)18-5-7-19(8-6-18)25(2)3/h4-9,16H,10-15H2,1-3H3. The zero-order chi connectivity index (χ0) is 21.1. The highest BCUT2D eigenvalue weighted by Gasteiger charge is 2.23. The van der Waals surface area contributed by atoms with Crippen LogP contribution < -0.4 is 9.80 Å². The molecule has 1 fully saturated rings. The molecule has 0 unspecified atom stereocenters. The van der Waals surface area contributed by atoms with E-state index in [0.717, 1.165) is 53.9 Å². The van der Waals surface area contributed by atoms with Gasteiger partial charge in [0.25, 0.3) is 5.91 Å². The number of aryl methyl sites for hydroxylation is 1. The molecule has 1 aromatic heterocycles. The molecule has 1 amide bonds. The molecule has 4 rings (SSSR count). The van der Waals surface area contributed by atoms with Crippen LogP contribution in [0.25, 0.3) is 10.2 Å². The summed E-state index contributed by atoms with van der Waals surface area (Å²) >= 11 is 1.58. The van der Waals surface area contributed by atoms with E-state index in [1.165, 1.54) is 5.56 Å². The summed E-state index contributed by atoms with van der Waals surface area (Å²) in [6, 6.07) is 14.0. The van der Waals surface area contributed by atoms with E-state index in [1.807, 2.05) is 54.2 Å². The van der Waals surface area contributed by atoms with Crippen LogP contribution in [0.15, 0.2) is 42.5 Å². The van der Waals surface area contributed by atoms with Crippen molar-refractivity contribution < 1.29 is 9.53 Å². The quantitative estimate of drug-likeness (QED) is 0.605. The lowest BCUT2D eigenvalue weighted by molar-refractivity contribution is 0.0391. The number of anilines is 2. The molecular formula is C23H28N4O2S. The van der Waals surface area contributed by atoms with Crippen LogP contribution in [-0.2, 0) is 4.74 Å². The van der Waals surface area contributed by atoms with Gasteiger partial charge in [-0.05, 0) is 48.9 Å². The van der Waals surface area contributed by atoms with Crippen molar-refractivity contribution in [2.45, 2.75) is 6.92 Å². The first-order valence-electron chi connectivity index (χ1n) is 10.3.